The number of nitrogen functional groups attached to an aromatic ring is 1. The van der Waals surface area contributed by atoms with E-state index in [9.17, 15) is 5.11 Å². The van der Waals surface area contributed by atoms with Crippen LogP contribution in [0.25, 0.3) is 22.6 Å². The zero-order valence-electron chi connectivity index (χ0n) is 11.4. The summed E-state index contributed by atoms with van der Waals surface area (Å²) in [5.74, 6) is 0.274. The molecule has 0 atom stereocenters. The van der Waals surface area contributed by atoms with E-state index in [0.717, 1.165) is 39.9 Å². The highest BCUT2D eigenvalue weighted by Crippen LogP contribution is 2.37. The molecule has 2 heterocycles. The highest BCUT2D eigenvalue weighted by atomic mass is 16.3. The average molecular weight is 277 g/mol. The number of anilines is 2. The third-order valence-electron chi connectivity index (χ3n) is 3.93. The highest BCUT2D eigenvalue weighted by molar-refractivity contribution is 6.01. The number of para-hydroxylation sites is 1. The lowest BCUT2D eigenvalue weighted by molar-refractivity contribution is 0.476. The van der Waals surface area contributed by atoms with Crippen molar-refractivity contribution >= 4 is 33.9 Å². The number of H-pyrrole nitrogens is 1. The lowest BCUT2D eigenvalue weighted by Gasteiger charge is -2.02. The Kier molecular flexibility index (Phi) is 2.44. The van der Waals surface area contributed by atoms with Gasteiger partial charge in [-0.15, -0.1) is 0 Å². The molecular weight excluding hydrogens is 262 g/mol. The summed E-state index contributed by atoms with van der Waals surface area (Å²) in [5, 5.41) is 14.0. The topological polar surface area (TPSA) is 74.1 Å². The zero-order chi connectivity index (χ0) is 14.4. The maximum atomic E-state index is 9.66. The van der Waals surface area contributed by atoms with Gasteiger partial charge in [0.05, 0.1) is 11.4 Å². The molecule has 0 amide bonds. The number of phenolic OH excluding ortho intramolecular Hbond substituents is 1. The molecule has 4 heteroatoms. The largest absolute Gasteiger partial charge is 0.508 e. The van der Waals surface area contributed by atoms with E-state index >= 15 is 0 Å². The Morgan fingerprint density at radius 2 is 2.10 bits per heavy atom. The maximum Gasteiger partial charge on any atom is 0.116 e. The average Bonchev–Trinajstić information content (AvgIpc) is 3.06. The molecule has 21 heavy (non-hydrogen) atoms. The number of aromatic nitrogens is 1. The molecule has 0 spiro atoms. The minimum absolute atomic E-state index is 0.274. The summed E-state index contributed by atoms with van der Waals surface area (Å²) in [5.41, 5.74) is 12.2. The molecule has 104 valence electrons. The molecule has 0 aliphatic carbocycles. The third kappa shape index (κ3) is 1.84. The van der Waals surface area contributed by atoms with Crippen molar-refractivity contribution in [2.45, 2.75) is 0 Å². The van der Waals surface area contributed by atoms with Crippen LogP contribution in [0.5, 0.6) is 5.75 Å². The number of nitrogens with one attached hydrogen (secondary N) is 2. The third-order valence-corrected chi connectivity index (χ3v) is 3.93. The van der Waals surface area contributed by atoms with Crippen LogP contribution in [-0.4, -0.2) is 16.6 Å². The van der Waals surface area contributed by atoms with Gasteiger partial charge in [-0.1, -0.05) is 12.1 Å². The van der Waals surface area contributed by atoms with Crippen molar-refractivity contribution in [2.75, 3.05) is 17.6 Å². The SMILES string of the molecule is Nc1cccc2c1NCC2=Cc1c[nH]c2ccc(O)cc12. The van der Waals surface area contributed by atoms with Gasteiger partial charge in [-0.3, -0.25) is 0 Å². The van der Waals surface area contributed by atoms with Gasteiger partial charge in [-0.25, -0.2) is 0 Å². The van der Waals surface area contributed by atoms with Crippen molar-refractivity contribution in [3.63, 3.8) is 0 Å². The second-order valence-corrected chi connectivity index (χ2v) is 5.27. The zero-order valence-corrected chi connectivity index (χ0v) is 11.4. The number of hydrogen-bond donors (Lipinski definition) is 4. The summed E-state index contributed by atoms with van der Waals surface area (Å²) in [6, 6.07) is 11.3. The molecule has 0 fully saturated rings. The van der Waals surface area contributed by atoms with Gasteiger partial charge in [-0.2, -0.15) is 0 Å². The molecule has 0 unspecified atom stereocenters. The van der Waals surface area contributed by atoms with Gasteiger partial charge in [0.25, 0.3) is 0 Å². The van der Waals surface area contributed by atoms with Crippen molar-refractivity contribution in [3.8, 4) is 5.75 Å². The van der Waals surface area contributed by atoms with Crippen molar-refractivity contribution in [1.29, 1.82) is 0 Å². The van der Waals surface area contributed by atoms with E-state index in [1.807, 2.05) is 24.4 Å². The predicted molar refractivity (Wildman–Crippen MR) is 87.2 cm³/mol. The van der Waals surface area contributed by atoms with Crippen LogP contribution in [0.4, 0.5) is 11.4 Å². The van der Waals surface area contributed by atoms with Crippen LogP contribution < -0.4 is 11.1 Å². The summed E-state index contributed by atoms with van der Waals surface area (Å²) in [6.07, 6.45) is 4.10. The summed E-state index contributed by atoms with van der Waals surface area (Å²) < 4.78 is 0. The van der Waals surface area contributed by atoms with E-state index < -0.39 is 0 Å². The molecule has 0 radical (unpaired) electrons. The Labute approximate surface area is 121 Å². The van der Waals surface area contributed by atoms with Crippen LogP contribution in [0.15, 0.2) is 42.6 Å². The van der Waals surface area contributed by atoms with Gasteiger partial charge in [0.15, 0.2) is 0 Å². The van der Waals surface area contributed by atoms with Crippen molar-refractivity contribution in [3.05, 3.63) is 53.7 Å². The first-order chi connectivity index (χ1) is 10.2. The first-order valence-electron chi connectivity index (χ1n) is 6.86. The van der Waals surface area contributed by atoms with Crippen LogP contribution in [0, 0.1) is 0 Å². The molecule has 0 saturated heterocycles. The predicted octanol–water partition coefficient (Wildman–Crippen LogP) is 3.42. The van der Waals surface area contributed by atoms with Crippen molar-refractivity contribution < 1.29 is 5.11 Å². The fraction of sp³-hybridized carbons (Fsp3) is 0.0588. The smallest absolute Gasteiger partial charge is 0.116 e. The standard InChI is InChI=1S/C17H15N3O/c18-15-3-1-2-13-10(9-20-17(13)15)6-11-8-19-16-5-4-12(21)7-14(11)16/h1-8,19-21H,9,18H2. The number of hydrogen-bond acceptors (Lipinski definition) is 3. The quantitative estimate of drug-likeness (QED) is 0.515. The summed E-state index contributed by atoms with van der Waals surface area (Å²) in [4.78, 5) is 3.22. The molecule has 0 saturated carbocycles. The van der Waals surface area contributed by atoms with Gasteiger partial charge in [0.2, 0.25) is 0 Å². The Morgan fingerprint density at radius 3 is 3.00 bits per heavy atom. The van der Waals surface area contributed by atoms with Crippen LogP contribution >= 0.6 is 0 Å². The van der Waals surface area contributed by atoms with Gasteiger partial charge in [0, 0.05) is 34.8 Å². The Balaban J connectivity index is 1.86. The van der Waals surface area contributed by atoms with Gasteiger partial charge in [-0.05, 0) is 35.9 Å². The number of aromatic hydroxyl groups is 1. The highest BCUT2D eigenvalue weighted by Gasteiger charge is 2.17. The molecule has 5 N–H and O–H groups in total. The maximum absolute atomic E-state index is 9.66. The monoisotopic (exact) mass is 277 g/mol. The Hall–Kier alpha value is -2.88. The number of fused-ring (bicyclic) bond motifs is 2. The first kappa shape index (κ1) is 11.9. The molecule has 4 nitrogen and oxygen atoms in total. The van der Waals surface area contributed by atoms with Crippen LogP contribution in [-0.2, 0) is 0 Å². The van der Waals surface area contributed by atoms with Gasteiger partial charge < -0.3 is 21.1 Å². The van der Waals surface area contributed by atoms with E-state index in [0.29, 0.717) is 0 Å². The van der Waals surface area contributed by atoms with E-state index in [2.05, 4.69) is 22.4 Å². The lowest BCUT2D eigenvalue weighted by atomic mass is 10.0. The number of benzene rings is 2. The van der Waals surface area contributed by atoms with Crippen LogP contribution in [0.2, 0.25) is 0 Å². The normalized spacial score (nSPS) is 15.3. The van der Waals surface area contributed by atoms with Gasteiger partial charge in [0.1, 0.15) is 5.75 Å². The van der Waals surface area contributed by atoms with Crippen molar-refractivity contribution in [1.82, 2.24) is 4.98 Å². The molecule has 1 aromatic heterocycles. The van der Waals surface area contributed by atoms with Crippen LogP contribution in [0.3, 0.4) is 0 Å². The second kappa shape index (κ2) is 4.31. The molecule has 0 bridgehead atoms. The number of rotatable bonds is 1. The summed E-state index contributed by atoms with van der Waals surface area (Å²) >= 11 is 0. The van der Waals surface area contributed by atoms with E-state index in [1.54, 1.807) is 12.1 Å². The molecule has 3 aromatic rings. The Morgan fingerprint density at radius 1 is 1.19 bits per heavy atom. The van der Waals surface area contributed by atoms with E-state index in [1.165, 1.54) is 5.57 Å². The van der Waals surface area contributed by atoms with E-state index in [-0.39, 0.29) is 5.75 Å². The molecule has 2 aromatic carbocycles. The summed E-state index contributed by atoms with van der Waals surface area (Å²) in [6.45, 7) is 0.759. The fourth-order valence-electron chi connectivity index (χ4n) is 2.88. The number of aromatic amines is 1. The van der Waals surface area contributed by atoms with E-state index in [4.69, 9.17) is 5.73 Å². The Bertz CT molecular complexity index is 877. The molecular formula is C17H15N3O. The van der Waals surface area contributed by atoms with Crippen molar-refractivity contribution in [2.24, 2.45) is 0 Å². The minimum atomic E-state index is 0.274. The van der Waals surface area contributed by atoms with Crippen LogP contribution in [0.1, 0.15) is 11.1 Å². The molecule has 4 rings (SSSR count). The second-order valence-electron chi connectivity index (χ2n) is 5.27. The lowest BCUT2D eigenvalue weighted by Crippen LogP contribution is -1.95. The molecule has 1 aliphatic heterocycles. The molecule has 1 aliphatic rings. The number of phenols is 1. The minimum Gasteiger partial charge on any atom is -0.508 e. The first-order valence-corrected chi connectivity index (χ1v) is 6.86. The fourth-order valence-corrected chi connectivity index (χ4v) is 2.88. The number of nitrogens with two attached hydrogens (primary N) is 1. The summed E-state index contributed by atoms with van der Waals surface area (Å²) in [7, 11) is 0. The van der Waals surface area contributed by atoms with Gasteiger partial charge >= 0.3 is 0 Å².